The van der Waals surface area contributed by atoms with Crippen molar-refractivity contribution in [2.24, 2.45) is 5.14 Å². The van der Waals surface area contributed by atoms with E-state index in [0.717, 1.165) is 0 Å². The fourth-order valence-electron chi connectivity index (χ4n) is 1.12. The molecule has 0 aliphatic heterocycles. The second-order valence-electron chi connectivity index (χ2n) is 2.98. The molecule has 0 aliphatic rings. The molecule has 0 aromatic heterocycles. The van der Waals surface area contributed by atoms with Crippen LogP contribution in [0, 0.1) is 0 Å². The average molecular weight is 246 g/mol. The Morgan fingerprint density at radius 1 is 1.44 bits per heavy atom. The van der Waals surface area contributed by atoms with Gasteiger partial charge in [-0.1, -0.05) is 6.07 Å². The molecule has 0 fully saturated rings. The largest absolute Gasteiger partial charge is 0.495 e. The monoisotopic (exact) mass is 246 g/mol. The maximum Gasteiger partial charge on any atom is 0.488 e. The van der Waals surface area contributed by atoms with Crippen LogP contribution in [0.25, 0.3) is 0 Å². The molecule has 0 saturated heterocycles. The average Bonchev–Trinajstić information content (AvgIpc) is 2.15. The molecule has 1 aromatic carbocycles. The molecule has 0 spiro atoms. The molecule has 0 atom stereocenters. The van der Waals surface area contributed by atoms with Crippen molar-refractivity contribution in [2.75, 3.05) is 11.8 Å². The van der Waals surface area contributed by atoms with Gasteiger partial charge in [0.2, 0.25) is 0 Å². The van der Waals surface area contributed by atoms with E-state index in [2.05, 4.69) is 0 Å². The SMILES string of the molecule is COc1ccc(B(O)O)cc1NS(N)(=O)=O. The van der Waals surface area contributed by atoms with E-state index in [1.165, 1.54) is 25.3 Å². The second-order valence-corrected chi connectivity index (χ2v) is 4.27. The normalized spacial score (nSPS) is 11.0. The molecule has 0 aliphatic carbocycles. The Morgan fingerprint density at radius 2 is 2.06 bits per heavy atom. The van der Waals surface area contributed by atoms with Crippen molar-refractivity contribution in [1.82, 2.24) is 0 Å². The lowest BCUT2D eigenvalue weighted by Crippen LogP contribution is -2.31. The number of hydrogen-bond donors (Lipinski definition) is 4. The second kappa shape index (κ2) is 4.70. The molecule has 7 nitrogen and oxygen atoms in total. The summed E-state index contributed by atoms with van der Waals surface area (Å²) in [4.78, 5) is 0. The molecular weight excluding hydrogens is 235 g/mol. The van der Waals surface area contributed by atoms with Gasteiger partial charge in [-0.2, -0.15) is 8.42 Å². The van der Waals surface area contributed by atoms with E-state index in [1.807, 2.05) is 4.72 Å². The third-order valence-corrected chi connectivity index (χ3v) is 2.28. The molecule has 0 heterocycles. The number of benzene rings is 1. The first-order valence-corrected chi connectivity index (χ1v) is 5.72. The van der Waals surface area contributed by atoms with Crippen molar-refractivity contribution in [3.63, 3.8) is 0 Å². The first-order chi connectivity index (χ1) is 7.33. The lowest BCUT2D eigenvalue weighted by Gasteiger charge is -2.11. The fourth-order valence-corrected chi connectivity index (χ4v) is 1.59. The van der Waals surface area contributed by atoms with Gasteiger partial charge in [-0.25, -0.2) is 5.14 Å². The van der Waals surface area contributed by atoms with Gasteiger partial charge in [-0.15, -0.1) is 0 Å². The zero-order chi connectivity index (χ0) is 12.3. The molecule has 1 rings (SSSR count). The van der Waals surface area contributed by atoms with Crippen LogP contribution in [0.3, 0.4) is 0 Å². The van der Waals surface area contributed by atoms with Crippen LogP contribution >= 0.6 is 0 Å². The standard InChI is InChI=1S/C7H11BN2O5S/c1-15-7-3-2-5(8(11)12)4-6(7)10-16(9,13)14/h2-4,10-12H,1H3,(H2,9,13,14). The fraction of sp³-hybridized carbons (Fsp3) is 0.143. The molecule has 0 amide bonds. The highest BCUT2D eigenvalue weighted by molar-refractivity contribution is 7.90. The third kappa shape index (κ3) is 3.38. The summed E-state index contributed by atoms with van der Waals surface area (Å²) in [6.45, 7) is 0. The van der Waals surface area contributed by atoms with Gasteiger partial charge in [0.05, 0.1) is 12.8 Å². The smallest absolute Gasteiger partial charge is 0.488 e. The summed E-state index contributed by atoms with van der Waals surface area (Å²) in [5, 5.41) is 22.6. The number of nitrogens with two attached hydrogens (primary N) is 1. The van der Waals surface area contributed by atoms with Crippen LogP contribution in [0.15, 0.2) is 18.2 Å². The number of rotatable bonds is 4. The highest BCUT2D eigenvalue weighted by atomic mass is 32.2. The highest BCUT2D eigenvalue weighted by Crippen LogP contribution is 2.22. The molecule has 5 N–H and O–H groups in total. The Labute approximate surface area is 93.2 Å². The number of ether oxygens (including phenoxy) is 1. The predicted molar refractivity (Wildman–Crippen MR) is 59.5 cm³/mol. The maximum atomic E-state index is 10.8. The van der Waals surface area contributed by atoms with Crippen molar-refractivity contribution in [3.8, 4) is 5.75 Å². The van der Waals surface area contributed by atoms with Gasteiger partial charge in [-0.3, -0.25) is 4.72 Å². The summed E-state index contributed by atoms with van der Waals surface area (Å²) in [7, 11) is -4.30. The molecule has 16 heavy (non-hydrogen) atoms. The minimum atomic E-state index is -3.95. The zero-order valence-electron chi connectivity index (χ0n) is 8.41. The van der Waals surface area contributed by atoms with E-state index >= 15 is 0 Å². The number of anilines is 1. The van der Waals surface area contributed by atoms with E-state index in [-0.39, 0.29) is 16.9 Å². The van der Waals surface area contributed by atoms with Crippen molar-refractivity contribution >= 4 is 28.5 Å². The summed E-state index contributed by atoms with van der Waals surface area (Å²) in [5.41, 5.74) is 0.155. The van der Waals surface area contributed by atoms with Crippen LogP contribution in [-0.2, 0) is 10.2 Å². The van der Waals surface area contributed by atoms with Gasteiger partial charge in [0, 0.05) is 0 Å². The molecule has 0 unspecified atom stereocenters. The van der Waals surface area contributed by atoms with E-state index in [9.17, 15) is 8.42 Å². The van der Waals surface area contributed by atoms with Crippen LogP contribution in [0.1, 0.15) is 0 Å². The van der Waals surface area contributed by atoms with Gasteiger partial charge < -0.3 is 14.8 Å². The summed E-state index contributed by atoms with van der Waals surface area (Å²) < 4.78 is 28.6. The summed E-state index contributed by atoms with van der Waals surface area (Å²) in [5.74, 6) is 0.221. The van der Waals surface area contributed by atoms with Gasteiger partial charge in [-0.05, 0) is 17.6 Å². The van der Waals surface area contributed by atoms with Crippen molar-refractivity contribution in [3.05, 3.63) is 18.2 Å². The van der Waals surface area contributed by atoms with Crippen LogP contribution in [0.2, 0.25) is 0 Å². The summed E-state index contributed by atoms with van der Waals surface area (Å²) >= 11 is 0. The Kier molecular flexibility index (Phi) is 3.76. The zero-order valence-corrected chi connectivity index (χ0v) is 9.23. The quantitative estimate of drug-likeness (QED) is 0.457. The van der Waals surface area contributed by atoms with Crippen molar-refractivity contribution in [1.29, 1.82) is 0 Å². The third-order valence-electron chi connectivity index (χ3n) is 1.77. The van der Waals surface area contributed by atoms with Gasteiger partial charge in [0.25, 0.3) is 10.2 Å². The van der Waals surface area contributed by atoms with Crippen molar-refractivity contribution in [2.45, 2.75) is 0 Å². The topological polar surface area (TPSA) is 122 Å². The molecular formula is C7H11BN2O5S. The molecule has 0 saturated carbocycles. The minimum absolute atomic E-state index is 0.0376. The van der Waals surface area contributed by atoms with Crippen LogP contribution in [-0.4, -0.2) is 32.7 Å². The predicted octanol–water partition coefficient (Wildman–Crippen LogP) is -2.01. The lowest BCUT2D eigenvalue weighted by molar-refractivity contribution is 0.416. The Balaban J connectivity index is 3.17. The molecule has 0 bridgehead atoms. The Hall–Kier alpha value is -1.29. The van der Waals surface area contributed by atoms with Crippen LogP contribution < -0.4 is 20.1 Å². The first-order valence-electron chi connectivity index (χ1n) is 4.18. The molecule has 9 heteroatoms. The van der Waals surface area contributed by atoms with E-state index in [1.54, 1.807) is 0 Å². The van der Waals surface area contributed by atoms with E-state index < -0.39 is 17.3 Å². The number of hydrogen-bond acceptors (Lipinski definition) is 5. The summed E-state index contributed by atoms with van der Waals surface area (Å²) in [6, 6.07) is 3.99. The van der Waals surface area contributed by atoms with Crippen LogP contribution in [0.4, 0.5) is 5.69 Å². The first kappa shape index (κ1) is 12.8. The molecule has 0 radical (unpaired) electrons. The van der Waals surface area contributed by atoms with E-state index in [4.69, 9.17) is 19.9 Å². The Morgan fingerprint density at radius 3 is 2.50 bits per heavy atom. The maximum absolute atomic E-state index is 10.8. The lowest BCUT2D eigenvalue weighted by atomic mass is 9.80. The molecule has 88 valence electrons. The van der Waals surface area contributed by atoms with E-state index in [0.29, 0.717) is 0 Å². The highest BCUT2D eigenvalue weighted by Gasteiger charge is 2.15. The van der Waals surface area contributed by atoms with Crippen LogP contribution in [0.5, 0.6) is 5.75 Å². The number of nitrogens with one attached hydrogen (secondary N) is 1. The molecule has 1 aromatic rings. The Bertz CT molecular complexity index is 476. The van der Waals surface area contributed by atoms with Gasteiger partial charge in [0.15, 0.2) is 0 Å². The minimum Gasteiger partial charge on any atom is -0.495 e. The number of methoxy groups -OCH3 is 1. The van der Waals surface area contributed by atoms with Gasteiger partial charge in [0.1, 0.15) is 5.75 Å². The summed E-state index contributed by atoms with van der Waals surface area (Å²) in [6.07, 6.45) is 0. The van der Waals surface area contributed by atoms with Gasteiger partial charge >= 0.3 is 7.12 Å². The van der Waals surface area contributed by atoms with Crippen molar-refractivity contribution < 1.29 is 23.2 Å².